The summed E-state index contributed by atoms with van der Waals surface area (Å²) in [6, 6.07) is 11.5. The van der Waals surface area contributed by atoms with Gasteiger partial charge in [-0.15, -0.1) is 0 Å². The summed E-state index contributed by atoms with van der Waals surface area (Å²) >= 11 is 0. The van der Waals surface area contributed by atoms with Crippen molar-refractivity contribution in [2.45, 2.75) is 99.8 Å². The number of rotatable bonds is 11. The molecule has 4 heteroatoms. The van der Waals surface area contributed by atoms with Crippen LogP contribution in [0.25, 0.3) is 5.57 Å². The number of halogens is 3. The maximum absolute atomic E-state index is 14.9. The molecule has 0 aliphatic carbocycles. The zero-order valence-corrected chi connectivity index (χ0v) is 24.6. The first-order valence-electron chi connectivity index (χ1n) is 13.9. The first-order chi connectivity index (χ1) is 18.1. The molecule has 0 N–H and O–H groups in total. The highest BCUT2D eigenvalue weighted by Crippen LogP contribution is 2.37. The van der Waals surface area contributed by atoms with E-state index in [2.05, 4.69) is 63.9 Å². The molecule has 0 spiro atoms. The molecule has 0 aliphatic rings. The lowest BCUT2D eigenvalue weighted by Crippen LogP contribution is -2.06. The van der Waals surface area contributed by atoms with Crippen molar-refractivity contribution >= 4 is 11.8 Å². The number of aryl methyl sites for hydroxylation is 2. The second-order valence-corrected chi connectivity index (χ2v) is 9.73. The molecule has 0 bridgehead atoms. The molecule has 0 amide bonds. The van der Waals surface area contributed by atoms with Gasteiger partial charge in [-0.3, -0.25) is 4.99 Å². The molecule has 38 heavy (non-hydrogen) atoms. The second kappa shape index (κ2) is 17.6. The summed E-state index contributed by atoms with van der Waals surface area (Å²) in [7, 11) is 0. The molecule has 0 radical (unpaired) electrons. The number of unbranched alkanes of at least 4 members (excludes halogenated alkanes) is 1. The van der Waals surface area contributed by atoms with Gasteiger partial charge in [0.15, 0.2) is 11.6 Å². The van der Waals surface area contributed by atoms with E-state index < -0.39 is 11.6 Å². The second-order valence-electron chi connectivity index (χ2n) is 9.73. The minimum atomic E-state index is -0.755. The van der Waals surface area contributed by atoms with Crippen molar-refractivity contribution in [1.82, 2.24) is 0 Å². The molecule has 0 heterocycles. The largest absolute Gasteiger partial charge is 0.259 e. The molecule has 2 rings (SSSR count). The molecule has 1 atom stereocenters. The maximum Gasteiger partial charge on any atom is 0.166 e. The first kappa shape index (κ1) is 33.1. The summed E-state index contributed by atoms with van der Waals surface area (Å²) in [5, 5.41) is 0. The number of hydrogen-bond acceptors (Lipinski definition) is 1. The Hall–Kier alpha value is -2.88. The molecule has 1 nitrogen and oxygen atoms in total. The minimum absolute atomic E-state index is 0.162. The summed E-state index contributed by atoms with van der Waals surface area (Å²) < 4.78 is 41.5. The number of hydrogen-bond donors (Lipinski definition) is 0. The predicted molar refractivity (Wildman–Crippen MR) is 159 cm³/mol. The van der Waals surface area contributed by atoms with Crippen molar-refractivity contribution in [3.05, 3.63) is 99.5 Å². The first-order valence-corrected chi connectivity index (χ1v) is 13.9. The van der Waals surface area contributed by atoms with Gasteiger partial charge in [0, 0.05) is 17.2 Å². The highest BCUT2D eigenvalue weighted by molar-refractivity contribution is 5.76. The van der Waals surface area contributed by atoms with E-state index >= 15 is 0 Å². The molecule has 0 fully saturated rings. The van der Waals surface area contributed by atoms with Crippen molar-refractivity contribution in [3.63, 3.8) is 0 Å². The van der Waals surface area contributed by atoms with Crippen LogP contribution in [0.4, 0.5) is 13.2 Å². The molecule has 0 aromatic heterocycles. The van der Waals surface area contributed by atoms with Crippen LogP contribution in [-0.2, 0) is 6.42 Å². The van der Waals surface area contributed by atoms with Crippen LogP contribution in [0.2, 0.25) is 0 Å². The van der Waals surface area contributed by atoms with Crippen LogP contribution in [0.1, 0.15) is 109 Å². The standard InChI is InChI=1S/C25H32F2.C9H14FN/c1-6-8-10-22(19(5)18(4)20-13-11-17(3)12-14-20)24-21(9-7-2)15-16-23(26)25(24)27;1-4-6-8(3)11-7-9(10)5-2/h11-16,18H,6-10H2,1-5H3;5-7H,4H2,1-3H3/b22-19+;8-6+,9-5+,11-7+. The van der Waals surface area contributed by atoms with Gasteiger partial charge in [-0.25, -0.2) is 13.2 Å². The molecule has 2 aromatic rings. The number of allylic oxidation sites excluding steroid dienone is 6. The average Bonchev–Trinajstić information content (AvgIpc) is 2.91. The van der Waals surface area contributed by atoms with Gasteiger partial charge in [0.25, 0.3) is 0 Å². The van der Waals surface area contributed by atoms with Crippen LogP contribution in [0.15, 0.2) is 70.6 Å². The Kier molecular flexibility index (Phi) is 15.3. The van der Waals surface area contributed by atoms with E-state index in [4.69, 9.17) is 0 Å². The van der Waals surface area contributed by atoms with Crippen molar-refractivity contribution in [3.8, 4) is 0 Å². The van der Waals surface area contributed by atoms with E-state index in [0.717, 1.165) is 60.9 Å². The van der Waals surface area contributed by atoms with E-state index in [1.54, 1.807) is 13.0 Å². The van der Waals surface area contributed by atoms with Crippen molar-refractivity contribution in [2.24, 2.45) is 4.99 Å². The maximum atomic E-state index is 14.9. The van der Waals surface area contributed by atoms with Crippen LogP contribution in [0, 0.1) is 18.6 Å². The normalized spacial score (nSPS) is 13.8. The van der Waals surface area contributed by atoms with Crippen molar-refractivity contribution in [1.29, 1.82) is 0 Å². The third-order valence-corrected chi connectivity index (χ3v) is 6.65. The van der Waals surface area contributed by atoms with E-state index in [9.17, 15) is 13.2 Å². The highest BCUT2D eigenvalue weighted by Gasteiger charge is 2.21. The Morgan fingerprint density at radius 2 is 1.63 bits per heavy atom. The lowest BCUT2D eigenvalue weighted by molar-refractivity contribution is 0.503. The predicted octanol–water partition coefficient (Wildman–Crippen LogP) is 11.2. The third kappa shape index (κ3) is 10.5. The molecule has 0 saturated heterocycles. The van der Waals surface area contributed by atoms with Crippen LogP contribution in [-0.4, -0.2) is 6.21 Å². The molecule has 2 aromatic carbocycles. The van der Waals surface area contributed by atoms with Crippen LogP contribution in [0.3, 0.4) is 0 Å². The van der Waals surface area contributed by atoms with Gasteiger partial charge < -0.3 is 0 Å². The Bertz CT molecular complexity index is 1120. The zero-order valence-electron chi connectivity index (χ0n) is 24.6. The summed E-state index contributed by atoms with van der Waals surface area (Å²) in [5.41, 5.74) is 6.81. The van der Waals surface area contributed by atoms with Crippen LogP contribution in [0.5, 0.6) is 0 Å². The molecular formula is C34H46F3N. The Morgan fingerprint density at radius 3 is 2.18 bits per heavy atom. The average molecular weight is 526 g/mol. The Morgan fingerprint density at radius 1 is 0.974 bits per heavy atom. The number of benzene rings is 2. The third-order valence-electron chi connectivity index (χ3n) is 6.65. The van der Waals surface area contributed by atoms with Gasteiger partial charge in [-0.1, -0.05) is 94.2 Å². The summed E-state index contributed by atoms with van der Waals surface area (Å²) in [6.45, 7) is 16.0. The fraction of sp³-hybridized carbons (Fsp3) is 0.441. The molecule has 1 unspecified atom stereocenters. The molecular weight excluding hydrogens is 479 g/mol. The molecule has 0 saturated carbocycles. The lowest BCUT2D eigenvalue weighted by atomic mass is 9.83. The van der Waals surface area contributed by atoms with Crippen molar-refractivity contribution < 1.29 is 13.2 Å². The zero-order chi connectivity index (χ0) is 28.7. The SMILES string of the molecule is CCCC/C(=C(/C)C(C)c1ccc(C)cc1)c1c(CCC)ccc(F)c1F.C\C=C(F)/C=N/C(C)=C/CC. The van der Waals surface area contributed by atoms with Gasteiger partial charge in [0.2, 0.25) is 0 Å². The Balaban J connectivity index is 0.000000554. The smallest absolute Gasteiger partial charge is 0.166 e. The van der Waals surface area contributed by atoms with Crippen LogP contribution < -0.4 is 0 Å². The van der Waals surface area contributed by atoms with E-state index in [1.165, 1.54) is 29.5 Å². The van der Waals surface area contributed by atoms with E-state index in [0.29, 0.717) is 5.56 Å². The van der Waals surface area contributed by atoms with Gasteiger partial charge in [0.05, 0.1) is 6.21 Å². The topological polar surface area (TPSA) is 12.4 Å². The van der Waals surface area contributed by atoms with Gasteiger partial charge in [-0.2, -0.15) is 0 Å². The summed E-state index contributed by atoms with van der Waals surface area (Å²) in [5.74, 6) is -1.58. The molecule has 208 valence electrons. The summed E-state index contributed by atoms with van der Waals surface area (Å²) in [4.78, 5) is 3.88. The fourth-order valence-electron chi connectivity index (χ4n) is 4.22. The lowest BCUT2D eigenvalue weighted by Gasteiger charge is -2.22. The quantitative estimate of drug-likeness (QED) is 0.259. The Labute approximate surface area is 229 Å². The number of nitrogens with zero attached hydrogens (tertiary/aromatic N) is 1. The van der Waals surface area contributed by atoms with Gasteiger partial charge in [0.1, 0.15) is 5.83 Å². The highest BCUT2D eigenvalue weighted by atomic mass is 19.2. The fourth-order valence-corrected chi connectivity index (χ4v) is 4.22. The minimum Gasteiger partial charge on any atom is -0.259 e. The van der Waals surface area contributed by atoms with E-state index in [1.807, 2.05) is 19.9 Å². The molecule has 0 aliphatic heterocycles. The van der Waals surface area contributed by atoms with Gasteiger partial charge >= 0.3 is 0 Å². The monoisotopic (exact) mass is 525 g/mol. The van der Waals surface area contributed by atoms with Gasteiger partial charge in [-0.05, 0) is 76.1 Å². The van der Waals surface area contributed by atoms with Crippen LogP contribution >= 0.6 is 0 Å². The number of aliphatic imine (C=N–C) groups is 1. The van der Waals surface area contributed by atoms with Crippen molar-refractivity contribution in [2.75, 3.05) is 0 Å². The van der Waals surface area contributed by atoms with E-state index in [-0.39, 0.29) is 11.7 Å². The summed E-state index contributed by atoms with van der Waals surface area (Å²) in [6.07, 6.45) is 9.91.